The van der Waals surface area contributed by atoms with E-state index < -0.39 is 5.60 Å². The van der Waals surface area contributed by atoms with Gasteiger partial charge in [0.1, 0.15) is 5.75 Å². The van der Waals surface area contributed by atoms with Crippen LogP contribution in [0.1, 0.15) is 48.5 Å². The molecule has 0 saturated carbocycles. The topological polar surface area (TPSA) is 53.0 Å². The number of aryl methyl sites for hydroxylation is 1. The molecule has 0 bridgehead atoms. The predicted octanol–water partition coefficient (Wildman–Crippen LogP) is 5.56. The zero-order valence-corrected chi connectivity index (χ0v) is 22.2. The van der Waals surface area contributed by atoms with Crippen molar-refractivity contribution in [2.75, 3.05) is 39.8 Å². The monoisotopic (exact) mass is 518 g/mol. The van der Waals surface area contributed by atoms with Crippen molar-refractivity contribution in [1.82, 2.24) is 9.80 Å². The van der Waals surface area contributed by atoms with E-state index in [-0.39, 0.29) is 5.91 Å². The van der Waals surface area contributed by atoms with Gasteiger partial charge in [0.15, 0.2) is 0 Å². The van der Waals surface area contributed by atoms with Gasteiger partial charge >= 0.3 is 0 Å². The van der Waals surface area contributed by atoms with Crippen molar-refractivity contribution in [1.29, 1.82) is 0 Å². The van der Waals surface area contributed by atoms with E-state index >= 15 is 0 Å². The number of ether oxygens (including phenoxy) is 1. The van der Waals surface area contributed by atoms with Gasteiger partial charge < -0.3 is 19.6 Å². The normalized spacial score (nSPS) is 22.4. The molecule has 2 aromatic carbocycles. The molecule has 2 aromatic rings. The van der Waals surface area contributed by atoms with Gasteiger partial charge in [-0.05, 0) is 79.8 Å². The summed E-state index contributed by atoms with van der Waals surface area (Å²) in [4.78, 5) is 17.4. The average Bonchev–Trinajstić information content (AvgIpc) is 3.22. The summed E-state index contributed by atoms with van der Waals surface area (Å²) in [6.45, 7) is 6.50. The minimum Gasteiger partial charge on any atom is -0.497 e. The van der Waals surface area contributed by atoms with E-state index in [9.17, 15) is 9.90 Å². The first-order valence-corrected chi connectivity index (χ1v) is 13.3. The van der Waals surface area contributed by atoms with Gasteiger partial charge in [-0.3, -0.25) is 4.79 Å². The SMILES string of the molecule is COc1cccc(CCCC2(O)CCN(CC3CN(C(=O)c4ccc(Cl)c(Cl)c4)CC3C)CC2)c1. The van der Waals surface area contributed by atoms with Crippen LogP contribution in [0, 0.1) is 11.8 Å². The van der Waals surface area contributed by atoms with Gasteiger partial charge in [-0.25, -0.2) is 0 Å². The summed E-state index contributed by atoms with van der Waals surface area (Å²) in [5.74, 6) is 1.77. The Bertz CT molecular complexity index is 1020. The fourth-order valence-corrected chi connectivity index (χ4v) is 5.73. The summed E-state index contributed by atoms with van der Waals surface area (Å²) in [7, 11) is 1.69. The number of aliphatic hydroxyl groups is 1. The van der Waals surface area contributed by atoms with Crippen molar-refractivity contribution in [2.45, 2.75) is 44.6 Å². The van der Waals surface area contributed by atoms with Gasteiger partial charge in [0.2, 0.25) is 0 Å². The molecule has 0 aromatic heterocycles. The van der Waals surface area contributed by atoms with E-state index in [4.69, 9.17) is 27.9 Å². The number of nitrogens with zero attached hydrogens (tertiary/aromatic N) is 2. The minimum absolute atomic E-state index is 0.0157. The smallest absolute Gasteiger partial charge is 0.253 e. The molecular formula is C28H36Cl2N2O3. The zero-order valence-electron chi connectivity index (χ0n) is 20.7. The Morgan fingerprint density at radius 3 is 2.60 bits per heavy atom. The van der Waals surface area contributed by atoms with Crippen LogP contribution in [-0.2, 0) is 6.42 Å². The molecule has 2 saturated heterocycles. The second-order valence-electron chi connectivity index (χ2n) is 10.3. The molecule has 4 rings (SSSR count). The molecule has 2 unspecified atom stereocenters. The number of amides is 1. The van der Waals surface area contributed by atoms with Crippen LogP contribution in [-0.4, -0.2) is 66.2 Å². The number of piperidine rings is 1. The zero-order chi connectivity index (χ0) is 25.0. The summed E-state index contributed by atoms with van der Waals surface area (Å²) in [6, 6.07) is 13.3. The third-order valence-electron chi connectivity index (χ3n) is 7.74. The first-order chi connectivity index (χ1) is 16.8. The molecule has 5 nitrogen and oxygen atoms in total. The van der Waals surface area contributed by atoms with Crippen molar-refractivity contribution in [2.24, 2.45) is 11.8 Å². The van der Waals surface area contributed by atoms with E-state index in [2.05, 4.69) is 24.0 Å². The summed E-state index contributed by atoms with van der Waals surface area (Å²) in [6.07, 6.45) is 4.35. The molecule has 7 heteroatoms. The highest BCUT2D eigenvalue weighted by Gasteiger charge is 2.37. The lowest BCUT2D eigenvalue weighted by atomic mass is 9.85. The Labute approximate surface area is 219 Å². The molecule has 0 radical (unpaired) electrons. The van der Waals surface area contributed by atoms with Crippen LogP contribution in [0.2, 0.25) is 10.0 Å². The van der Waals surface area contributed by atoms with Crippen LogP contribution in [0.3, 0.4) is 0 Å². The summed E-state index contributed by atoms with van der Waals surface area (Å²) in [5, 5.41) is 12.0. The third-order valence-corrected chi connectivity index (χ3v) is 8.48. The number of carbonyl (C=O) groups excluding carboxylic acids is 1. The molecule has 2 aliphatic heterocycles. The fourth-order valence-electron chi connectivity index (χ4n) is 5.43. The van der Waals surface area contributed by atoms with Crippen LogP contribution in [0.4, 0.5) is 0 Å². The molecule has 190 valence electrons. The van der Waals surface area contributed by atoms with Crippen molar-refractivity contribution in [3.8, 4) is 5.75 Å². The molecule has 0 aliphatic carbocycles. The number of rotatable bonds is 8. The highest BCUT2D eigenvalue weighted by molar-refractivity contribution is 6.42. The minimum atomic E-state index is -0.577. The number of carbonyl (C=O) groups is 1. The first-order valence-electron chi connectivity index (χ1n) is 12.6. The van der Waals surface area contributed by atoms with E-state index in [1.807, 2.05) is 17.0 Å². The van der Waals surface area contributed by atoms with Gasteiger partial charge in [0.25, 0.3) is 5.91 Å². The standard InChI is InChI=1S/C28H36Cl2N2O3/c1-20-17-32(27(33)22-8-9-25(29)26(30)16-22)19-23(20)18-31-13-11-28(34,12-14-31)10-4-6-21-5-3-7-24(15-21)35-2/h3,5,7-9,15-16,20,23,34H,4,6,10-14,17-19H2,1-2H3. The molecule has 2 aliphatic rings. The van der Waals surface area contributed by atoms with Crippen LogP contribution >= 0.6 is 23.2 Å². The lowest BCUT2D eigenvalue weighted by Crippen LogP contribution is -2.46. The summed E-state index contributed by atoms with van der Waals surface area (Å²) < 4.78 is 5.31. The van der Waals surface area contributed by atoms with Crippen molar-refractivity contribution < 1.29 is 14.6 Å². The van der Waals surface area contributed by atoms with Gasteiger partial charge in [-0.2, -0.15) is 0 Å². The highest BCUT2D eigenvalue weighted by Crippen LogP contribution is 2.31. The van der Waals surface area contributed by atoms with Crippen LogP contribution in [0.25, 0.3) is 0 Å². The van der Waals surface area contributed by atoms with E-state index in [1.165, 1.54) is 5.56 Å². The molecule has 35 heavy (non-hydrogen) atoms. The van der Waals surface area contributed by atoms with Gasteiger partial charge in [-0.15, -0.1) is 0 Å². The largest absolute Gasteiger partial charge is 0.497 e. The van der Waals surface area contributed by atoms with E-state index in [0.29, 0.717) is 27.4 Å². The number of likely N-dealkylation sites (tertiary alicyclic amines) is 2. The highest BCUT2D eigenvalue weighted by atomic mass is 35.5. The number of methoxy groups -OCH3 is 1. The van der Waals surface area contributed by atoms with Crippen molar-refractivity contribution >= 4 is 29.1 Å². The molecule has 1 N–H and O–H groups in total. The molecular weight excluding hydrogens is 483 g/mol. The maximum Gasteiger partial charge on any atom is 0.253 e. The van der Waals surface area contributed by atoms with Gasteiger partial charge in [-0.1, -0.05) is 42.3 Å². The number of hydrogen-bond donors (Lipinski definition) is 1. The van der Waals surface area contributed by atoms with E-state index in [0.717, 1.165) is 70.6 Å². The fraction of sp³-hybridized carbons (Fsp3) is 0.536. The van der Waals surface area contributed by atoms with Crippen molar-refractivity contribution in [3.63, 3.8) is 0 Å². The molecule has 2 fully saturated rings. The third kappa shape index (κ3) is 6.71. The second-order valence-corrected chi connectivity index (χ2v) is 11.1. The number of benzene rings is 2. The quantitative estimate of drug-likeness (QED) is 0.496. The van der Waals surface area contributed by atoms with Crippen LogP contribution in [0.15, 0.2) is 42.5 Å². The predicted molar refractivity (Wildman–Crippen MR) is 142 cm³/mol. The van der Waals surface area contributed by atoms with Gasteiger partial charge in [0.05, 0.1) is 22.8 Å². The average molecular weight is 520 g/mol. The van der Waals surface area contributed by atoms with Crippen LogP contribution < -0.4 is 4.74 Å². The first kappa shape index (κ1) is 26.3. The Kier molecular flexibility index (Phi) is 8.64. The number of hydrogen-bond acceptors (Lipinski definition) is 4. The summed E-state index contributed by atoms with van der Waals surface area (Å²) in [5.41, 5.74) is 1.26. The van der Waals surface area contributed by atoms with Crippen molar-refractivity contribution in [3.05, 3.63) is 63.6 Å². The summed E-state index contributed by atoms with van der Waals surface area (Å²) >= 11 is 12.1. The Balaban J connectivity index is 1.23. The number of halogens is 2. The maximum absolute atomic E-state index is 13.0. The molecule has 2 heterocycles. The Hall–Kier alpha value is -1.79. The molecule has 2 atom stereocenters. The molecule has 0 spiro atoms. The Morgan fingerprint density at radius 2 is 1.89 bits per heavy atom. The van der Waals surface area contributed by atoms with E-state index in [1.54, 1.807) is 25.3 Å². The lowest BCUT2D eigenvalue weighted by molar-refractivity contribution is -0.0320. The molecule has 1 amide bonds. The maximum atomic E-state index is 13.0. The second kappa shape index (κ2) is 11.5. The Morgan fingerprint density at radius 1 is 1.11 bits per heavy atom. The van der Waals surface area contributed by atoms with Crippen LogP contribution in [0.5, 0.6) is 5.75 Å². The lowest BCUT2D eigenvalue weighted by Gasteiger charge is -2.39. The van der Waals surface area contributed by atoms with Gasteiger partial charge in [0, 0.05) is 38.3 Å².